The topological polar surface area (TPSA) is 25.4 Å². The molecule has 3 nitrogen and oxygen atoms in total. The van der Waals surface area contributed by atoms with Gasteiger partial charge in [-0.15, -0.1) is 0 Å². The maximum atomic E-state index is 6.27. The summed E-state index contributed by atoms with van der Waals surface area (Å²) >= 11 is 0. The summed E-state index contributed by atoms with van der Waals surface area (Å²) in [4.78, 5) is 7.23. The van der Waals surface area contributed by atoms with Crippen molar-refractivity contribution in [1.29, 1.82) is 0 Å². The number of hydrogen-bond acceptors (Lipinski definition) is 3. The minimum absolute atomic E-state index is 0.00615. The number of pyridine rings is 1. The van der Waals surface area contributed by atoms with E-state index in [4.69, 9.17) is 4.74 Å². The molecule has 28 heavy (non-hydrogen) atoms. The Labute approximate surface area is 170 Å². The third-order valence-electron chi connectivity index (χ3n) is 7.16. The smallest absolute Gasteiger partial charge is 0.0645 e. The molecular formula is C25H34N2O. The normalized spacial score (nSPS) is 26.0. The highest BCUT2D eigenvalue weighted by molar-refractivity contribution is 5.22. The predicted octanol–water partition coefficient (Wildman–Crippen LogP) is 5.13. The summed E-state index contributed by atoms with van der Waals surface area (Å²) in [5.74, 6) is 0. The van der Waals surface area contributed by atoms with Crippen LogP contribution in [0.5, 0.6) is 0 Å². The van der Waals surface area contributed by atoms with Crippen LogP contribution in [0.2, 0.25) is 0 Å². The molecule has 0 bridgehead atoms. The second-order valence-corrected chi connectivity index (χ2v) is 9.27. The van der Waals surface area contributed by atoms with Crippen molar-refractivity contribution < 1.29 is 4.74 Å². The Morgan fingerprint density at radius 2 is 2.00 bits per heavy atom. The molecule has 3 heterocycles. The molecule has 4 rings (SSSR count). The molecule has 2 aromatic rings. The third kappa shape index (κ3) is 3.88. The zero-order chi connectivity index (χ0) is 19.6. The maximum Gasteiger partial charge on any atom is 0.0645 e. The molecule has 2 aliphatic rings. The lowest BCUT2D eigenvalue weighted by atomic mass is 9.75. The number of likely N-dealkylation sites (tertiary alicyclic amines) is 1. The average molecular weight is 379 g/mol. The Bertz CT molecular complexity index is 765. The van der Waals surface area contributed by atoms with Gasteiger partial charge in [0.25, 0.3) is 0 Å². The molecular weight excluding hydrogens is 344 g/mol. The van der Waals surface area contributed by atoms with Gasteiger partial charge in [0, 0.05) is 36.0 Å². The van der Waals surface area contributed by atoms with Crippen LogP contribution in [0.25, 0.3) is 0 Å². The van der Waals surface area contributed by atoms with Crippen molar-refractivity contribution in [2.75, 3.05) is 19.7 Å². The molecule has 1 aromatic heterocycles. The van der Waals surface area contributed by atoms with Crippen molar-refractivity contribution in [3.63, 3.8) is 0 Å². The van der Waals surface area contributed by atoms with Crippen molar-refractivity contribution >= 4 is 0 Å². The molecule has 0 spiro atoms. The standard InChI is InChI=1S/C25H34N2O/c1-20-11-12-22(18-26-20)24(2,3)27-16-15-25(19-27,23-10-7-17-28-23)14-13-21-8-5-4-6-9-21/h4-6,8-9,11-12,18,23H,7,10,13-17,19H2,1-3H3. The summed E-state index contributed by atoms with van der Waals surface area (Å²) in [7, 11) is 0. The first-order valence-electron chi connectivity index (χ1n) is 10.8. The van der Waals surface area contributed by atoms with Gasteiger partial charge < -0.3 is 4.74 Å². The molecule has 0 saturated carbocycles. The first-order valence-corrected chi connectivity index (χ1v) is 10.8. The summed E-state index contributed by atoms with van der Waals surface area (Å²) in [6.07, 6.45) is 8.48. The fourth-order valence-electron chi connectivity index (χ4n) is 5.11. The van der Waals surface area contributed by atoms with Crippen LogP contribution in [0.15, 0.2) is 48.7 Å². The second kappa shape index (κ2) is 7.96. The predicted molar refractivity (Wildman–Crippen MR) is 114 cm³/mol. The van der Waals surface area contributed by atoms with E-state index in [2.05, 4.69) is 79.3 Å². The van der Waals surface area contributed by atoms with Crippen molar-refractivity contribution in [3.8, 4) is 0 Å². The highest BCUT2D eigenvalue weighted by Crippen LogP contribution is 2.46. The fourth-order valence-corrected chi connectivity index (χ4v) is 5.11. The van der Waals surface area contributed by atoms with Gasteiger partial charge in [-0.2, -0.15) is 0 Å². The number of nitrogens with zero attached hydrogens (tertiary/aromatic N) is 2. The van der Waals surface area contributed by atoms with Crippen molar-refractivity contribution in [3.05, 3.63) is 65.5 Å². The van der Waals surface area contributed by atoms with E-state index in [1.807, 2.05) is 0 Å². The van der Waals surface area contributed by atoms with Crippen LogP contribution in [0.4, 0.5) is 0 Å². The molecule has 1 aromatic carbocycles. The lowest BCUT2D eigenvalue weighted by molar-refractivity contribution is -0.00833. The van der Waals surface area contributed by atoms with E-state index >= 15 is 0 Å². The largest absolute Gasteiger partial charge is 0.378 e. The number of hydrogen-bond donors (Lipinski definition) is 0. The number of aryl methyl sites for hydroxylation is 2. The lowest BCUT2D eigenvalue weighted by Gasteiger charge is -2.40. The van der Waals surface area contributed by atoms with Crippen molar-refractivity contribution in [2.24, 2.45) is 5.41 Å². The zero-order valence-electron chi connectivity index (χ0n) is 17.7. The lowest BCUT2D eigenvalue weighted by Crippen LogP contribution is -2.44. The zero-order valence-corrected chi connectivity index (χ0v) is 17.7. The molecule has 3 heteroatoms. The van der Waals surface area contributed by atoms with Crippen LogP contribution in [-0.2, 0) is 16.7 Å². The van der Waals surface area contributed by atoms with Gasteiger partial charge in [0.15, 0.2) is 0 Å². The summed E-state index contributed by atoms with van der Waals surface area (Å²) in [6, 6.07) is 15.3. The van der Waals surface area contributed by atoms with Gasteiger partial charge in [-0.3, -0.25) is 9.88 Å². The van der Waals surface area contributed by atoms with Crippen LogP contribution in [0, 0.1) is 12.3 Å². The van der Waals surface area contributed by atoms with Gasteiger partial charge in [-0.25, -0.2) is 0 Å². The van der Waals surface area contributed by atoms with Gasteiger partial charge in [0.1, 0.15) is 0 Å². The van der Waals surface area contributed by atoms with Gasteiger partial charge in [-0.1, -0.05) is 36.4 Å². The molecule has 0 aliphatic carbocycles. The van der Waals surface area contributed by atoms with Gasteiger partial charge >= 0.3 is 0 Å². The first-order chi connectivity index (χ1) is 13.5. The Morgan fingerprint density at radius 1 is 1.18 bits per heavy atom. The van der Waals surface area contributed by atoms with E-state index in [9.17, 15) is 0 Å². The Hall–Kier alpha value is -1.71. The number of rotatable bonds is 6. The molecule has 0 amide bonds. The molecule has 2 unspecified atom stereocenters. The molecule has 0 N–H and O–H groups in total. The van der Waals surface area contributed by atoms with Gasteiger partial charge in [0.05, 0.1) is 6.10 Å². The summed E-state index contributed by atoms with van der Waals surface area (Å²) in [5, 5.41) is 0. The number of aromatic nitrogens is 1. The van der Waals surface area contributed by atoms with Crippen LogP contribution >= 0.6 is 0 Å². The van der Waals surface area contributed by atoms with Crippen LogP contribution in [-0.4, -0.2) is 35.7 Å². The fraction of sp³-hybridized carbons (Fsp3) is 0.560. The molecule has 150 valence electrons. The van der Waals surface area contributed by atoms with Crippen molar-refractivity contribution in [2.45, 2.75) is 64.5 Å². The van der Waals surface area contributed by atoms with E-state index in [0.29, 0.717) is 6.10 Å². The Morgan fingerprint density at radius 3 is 2.68 bits per heavy atom. The third-order valence-corrected chi connectivity index (χ3v) is 7.16. The first kappa shape index (κ1) is 19.6. The van der Waals surface area contributed by atoms with Gasteiger partial charge in [-0.05, 0) is 76.6 Å². The summed E-state index contributed by atoms with van der Waals surface area (Å²) < 4.78 is 6.27. The molecule has 2 fully saturated rings. The van der Waals surface area contributed by atoms with Crippen LogP contribution < -0.4 is 0 Å². The highest BCUT2D eigenvalue weighted by atomic mass is 16.5. The minimum Gasteiger partial charge on any atom is -0.378 e. The monoisotopic (exact) mass is 378 g/mol. The Kier molecular flexibility index (Phi) is 5.57. The average Bonchev–Trinajstić information content (AvgIpc) is 3.39. The minimum atomic E-state index is -0.00615. The van der Waals surface area contributed by atoms with E-state index in [1.165, 1.54) is 36.8 Å². The van der Waals surface area contributed by atoms with Crippen LogP contribution in [0.1, 0.15) is 56.4 Å². The quantitative estimate of drug-likeness (QED) is 0.697. The number of benzene rings is 1. The SMILES string of the molecule is Cc1ccc(C(C)(C)N2CCC(CCc3ccccc3)(C3CCCO3)C2)cn1. The van der Waals surface area contributed by atoms with Gasteiger partial charge in [0.2, 0.25) is 0 Å². The summed E-state index contributed by atoms with van der Waals surface area (Å²) in [5.41, 5.74) is 4.09. The molecule has 0 radical (unpaired) electrons. The highest BCUT2D eigenvalue weighted by Gasteiger charge is 2.49. The number of ether oxygens (including phenoxy) is 1. The van der Waals surface area contributed by atoms with E-state index in [0.717, 1.165) is 31.8 Å². The van der Waals surface area contributed by atoms with E-state index < -0.39 is 0 Å². The second-order valence-electron chi connectivity index (χ2n) is 9.27. The summed E-state index contributed by atoms with van der Waals surface area (Å²) in [6.45, 7) is 9.94. The van der Waals surface area contributed by atoms with E-state index in [-0.39, 0.29) is 11.0 Å². The molecule has 2 atom stereocenters. The van der Waals surface area contributed by atoms with Crippen molar-refractivity contribution in [1.82, 2.24) is 9.88 Å². The molecule has 2 saturated heterocycles. The van der Waals surface area contributed by atoms with E-state index in [1.54, 1.807) is 0 Å². The van der Waals surface area contributed by atoms with Crippen LogP contribution in [0.3, 0.4) is 0 Å². The Balaban J connectivity index is 1.54. The maximum absolute atomic E-state index is 6.27. The molecule has 2 aliphatic heterocycles.